The first-order chi connectivity index (χ1) is 20.0. The van der Waals surface area contributed by atoms with Crippen LogP contribution in [0.4, 0.5) is 11.4 Å². The van der Waals surface area contributed by atoms with Crippen LogP contribution in [0.2, 0.25) is 0 Å². The van der Waals surface area contributed by atoms with Crippen LogP contribution in [0, 0.1) is 10.1 Å². The van der Waals surface area contributed by atoms with Gasteiger partial charge in [0, 0.05) is 54.3 Å². The maximum absolute atomic E-state index is 13.2. The van der Waals surface area contributed by atoms with Crippen molar-refractivity contribution in [2.45, 2.75) is 18.5 Å². The zero-order valence-corrected chi connectivity index (χ0v) is 22.7. The third-order valence-corrected chi connectivity index (χ3v) is 7.60. The fraction of sp³-hybridized carbons (Fsp3) is 0.129. The van der Waals surface area contributed by atoms with Crippen LogP contribution in [0.1, 0.15) is 29.9 Å². The third kappa shape index (κ3) is 5.24. The number of nitrogens with one attached hydrogen (secondary N) is 2. The van der Waals surface area contributed by atoms with E-state index in [4.69, 9.17) is 12.2 Å². The first-order valence-corrected chi connectivity index (χ1v) is 13.6. The zero-order chi connectivity index (χ0) is 28.3. The number of nitrogens with zero attached hydrogens (tertiary/aromatic N) is 4. The van der Waals surface area contributed by atoms with E-state index >= 15 is 0 Å². The summed E-state index contributed by atoms with van der Waals surface area (Å²) in [4.78, 5) is 30.8. The van der Waals surface area contributed by atoms with Crippen LogP contribution in [-0.2, 0) is 4.79 Å². The van der Waals surface area contributed by atoms with Crippen LogP contribution < -0.4 is 10.6 Å². The van der Waals surface area contributed by atoms with Gasteiger partial charge in [0.05, 0.1) is 28.4 Å². The number of non-ortho nitro benzene ring substituents is 1. The van der Waals surface area contributed by atoms with Crippen molar-refractivity contribution in [1.29, 1.82) is 0 Å². The van der Waals surface area contributed by atoms with Crippen molar-refractivity contribution < 1.29 is 9.72 Å². The molecule has 1 amide bonds. The van der Waals surface area contributed by atoms with Gasteiger partial charge < -0.3 is 20.1 Å². The molecule has 0 aliphatic carbocycles. The highest BCUT2D eigenvalue weighted by molar-refractivity contribution is 7.80. The smallest absolute Gasteiger partial charge is 0.271 e. The van der Waals surface area contributed by atoms with Crippen LogP contribution in [0.5, 0.6) is 0 Å². The summed E-state index contributed by atoms with van der Waals surface area (Å²) in [6, 6.07) is 29.2. The van der Waals surface area contributed by atoms with Gasteiger partial charge in [0.2, 0.25) is 5.91 Å². The molecule has 9 nitrogen and oxygen atoms in total. The maximum Gasteiger partial charge on any atom is 0.271 e. The molecular weight excluding hydrogens is 536 g/mol. The average molecular weight is 563 g/mol. The summed E-state index contributed by atoms with van der Waals surface area (Å²) >= 11 is 5.79. The third-order valence-electron chi connectivity index (χ3n) is 7.24. The number of nitro groups is 1. The lowest BCUT2D eigenvalue weighted by molar-refractivity contribution is -0.384. The minimum absolute atomic E-state index is 0.00505. The molecular formula is C31H26N6O3S. The lowest BCUT2D eigenvalue weighted by Gasteiger charge is -2.28. The highest BCUT2D eigenvalue weighted by atomic mass is 32.1. The summed E-state index contributed by atoms with van der Waals surface area (Å²) < 4.78 is 1.92. The van der Waals surface area contributed by atoms with E-state index in [9.17, 15) is 14.9 Å². The van der Waals surface area contributed by atoms with Crippen LogP contribution in [0.25, 0.3) is 16.5 Å². The van der Waals surface area contributed by atoms with Gasteiger partial charge in [-0.2, -0.15) is 0 Å². The largest absolute Gasteiger partial charge is 0.352 e. The molecule has 0 radical (unpaired) electrons. The number of fused-ring (bicyclic) bond motifs is 1. The second-order valence-corrected chi connectivity index (χ2v) is 10.1. The molecule has 2 aromatic heterocycles. The van der Waals surface area contributed by atoms with E-state index < -0.39 is 4.92 Å². The Hall–Kier alpha value is -5.09. The van der Waals surface area contributed by atoms with E-state index in [1.165, 1.54) is 6.07 Å². The molecule has 2 atom stereocenters. The Bertz CT molecular complexity index is 1750. The second-order valence-electron chi connectivity index (χ2n) is 9.72. The van der Waals surface area contributed by atoms with E-state index in [-0.39, 0.29) is 30.1 Å². The summed E-state index contributed by atoms with van der Waals surface area (Å²) in [5.74, 6) is -0.127. The molecule has 3 heterocycles. The molecule has 0 bridgehead atoms. The first kappa shape index (κ1) is 26.1. The van der Waals surface area contributed by atoms with E-state index in [2.05, 4.69) is 15.6 Å². The maximum atomic E-state index is 13.2. The van der Waals surface area contributed by atoms with Gasteiger partial charge in [0.25, 0.3) is 5.69 Å². The molecule has 41 heavy (non-hydrogen) atoms. The first-order valence-electron chi connectivity index (χ1n) is 13.2. The molecule has 3 aromatic carbocycles. The quantitative estimate of drug-likeness (QED) is 0.137. The van der Waals surface area contributed by atoms with Gasteiger partial charge in [-0.15, -0.1) is 0 Å². The highest BCUT2D eigenvalue weighted by Crippen LogP contribution is 2.40. The van der Waals surface area contributed by atoms with Crippen LogP contribution >= 0.6 is 12.2 Å². The average Bonchev–Trinajstić information content (AvgIpc) is 3.61. The predicted octanol–water partition coefficient (Wildman–Crippen LogP) is 5.94. The number of rotatable bonds is 8. The Morgan fingerprint density at radius 3 is 2.63 bits per heavy atom. The van der Waals surface area contributed by atoms with Crippen LogP contribution in [0.15, 0.2) is 109 Å². The molecule has 0 spiro atoms. The number of nitro benzene ring substituents is 1. The Morgan fingerprint density at radius 2 is 1.80 bits per heavy atom. The molecule has 204 valence electrons. The Balaban J connectivity index is 1.30. The monoisotopic (exact) mass is 562 g/mol. The molecule has 0 saturated carbocycles. The SMILES string of the molecule is O=C(CCN1C(=S)N[C@@H](c2ccccn2)[C@H]1c1cccn1-c1cccc([N+](=O)[O-])c1)Nc1cccc2ccccc12. The molecule has 6 rings (SSSR count). The molecule has 0 unspecified atom stereocenters. The molecule has 5 aromatic rings. The van der Waals surface area contributed by atoms with Crippen molar-refractivity contribution in [3.05, 3.63) is 131 Å². The van der Waals surface area contributed by atoms with Gasteiger partial charge in [-0.05, 0) is 54.0 Å². The molecule has 1 aliphatic heterocycles. The summed E-state index contributed by atoms with van der Waals surface area (Å²) in [7, 11) is 0. The number of hydrogen-bond donors (Lipinski definition) is 2. The van der Waals surface area contributed by atoms with E-state index in [0.29, 0.717) is 17.3 Å². The van der Waals surface area contributed by atoms with Crippen molar-refractivity contribution in [3.8, 4) is 5.69 Å². The minimum Gasteiger partial charge on any atom is -0.352 e. The van der Waals surface area contributed by atoms with Crippen molar-refractivity contribution in [1.82, 2.24) is 19.8 Å². The normalized spacial score (nSPS) is 16.5. The lowest BCUT2D eigenvalue weighted by atomic mass is 10.0. The number of carbonyl (C=O) groups is 1. The van der Waals surface area contributed by atoms with E-state index in [1.807, 2.05) is 94.5 Å². The summed E-state index contributed by atoms with van der Waals surface area (Å²) in [5, 5.41) is 20.5. The van der Waals surface area contributed by atoms with Crippen LogP contribution in [0.3, 0.4) is 0 Å². The second kappa shape index (κ2) is 11.2. The zero-order valence-electron chi connectivity index (χ0n) is 21.9. The molecule has 1 fully saturated rings. The number of aromatic nitrogens is 2. The Morgan fingerprint density at radius 1 is 1.00 bits per heavy atom. The molecule has 1 saturated heterocycles. The highest BCUT2D eigenvalue weighted by Gasteiger charge is 2.41. The van der Waals surface area contributed by atoms with Crippen molar-refractivity contribution in [2.75, 3.05) is 11.9 Å². The topological polar surface area (TPSA) is 105 Å². The van der Waals surface area contributed by atoms with Crippen molar-refractivity contribution >= 4 is 45.4 Å². The van der Waals surface area contributed by atoms with Crippen molar-refractivity contribution in [2.24, 2.45) is 0 Å². The fourth-order valence-electron chi connectivity index (χ4n) is 5.36. The van der Waals surface area contributed by atoms with Gasteiger partial charge in [-0.3, -0.25) is 19.9 Å². The van der Waals surface area contributed by atoms with Gasteiger partial charge in [-0.1, -0.05) is 48.5 Å². The van der Waals surface area contributed by atoms with Gasteiger partial charge in [0.1, 0.15) is 0 Å². The number of pyridine rings is 1. The fourth-order valence-corrected chi connectivity index (χ4v) is 5.70. The number of hydrogen-bond acceptors (Lipinski definition) is 5. The molecule has 2 N–H and O–H groups in total. The summed E-state index contributed by atoms with van der Waals surface area (Å²) in [5.41, 5.74) is 3.09. The van der Waals surface area contributed by atoms with Gasteiger partial charge in [-0.25, -0.2) is 0 Å². The van der Waals surface area contributed by atoms with Gasteiger partial charge >= 0.3 is 0 Å². The van der Waals surface area contributed by atoms with E-state index in [1.54, 1.807) is 18.3 Å². The molecule has 10 heteroatoms. The van der Waals surface area contributed by atoms with Crippen LogP contribution in [-0.4, -0.2) is 36.9 Å². The molecule has 1 aliphatic rings. The van der Waals surface area contributed by atoms with E-state index in [0.717, 1.165) is 27.8 Å². The summed E-state index contributed by atoms with van der Waals surface area (Å²) in [6.07, 6.45) is 3.81. The lowest BCUT2D eigenvalue weighted by Crippen LogP contribution is -2.33. The Kier molecular flexibility index (Phi) is 7.13. The number of anilines is 1. The summed E-state index contributed by atoms with van der Waals surface area (Å²) in [6.45, 7) is 0.358. The Labute approximate surface area is 241 Å². The number of benzene rings is 3. The number of thiocarbonyl (C=S) groups is 1. The number of amides is 1. The van der Waals surface area contributed by atoms with Gasteiger partial charge in [0.15, 0.2) is 5.11 Å². The number of carbonyl (C=O) groups excluding carboxylic acids is 1. The van der Waals surface area contributed by atoms with Crippen molar-refractivity contribution in [3.63, 3.8) is 0 Å². The standard InChI is InChI=1S/C31H26N6O3S/c38-28(33-25-14-5-9-21-8-1-2-12-24(21)25)16-19-36-30(29(34-31(36)41)26-13-3-4-17-32-26)27-15-7-18-35(27)22-10-6-11-23(20-22)37(39)40/h1-15,17-18,20,29-30H,16,19H2,(H,33,38)(H,34,41)/t29-,30+/m0/s1. The minimum atomic E-state index is -0.406. The predicted molar refractivity (Wildman–Crippen MR) is 162 cm³/mol.